The molecule has 1 amide bonds. The first-order valence-corrected chi connectivity index (χ1v) is 18.6. The Labute approximate surface area is 308 Å². The van der Waals surface area contributed by atoms with Crippen LogP contribution in [0.5, 0.6) is 11.8 Å². The molecule has 7 heterocycles. The van der Waals surface area contributed by atoms with Gasteiger partial charge in [0, 0.05) is 74.1 Å². The Bertz CT molecular complexity index is 2430. The van der Waals surface area contributed by atoms with Gasteiger partial charge >= 0.3 is 6.01 Å². The first kappa shape index (κ1) is 33.4. The number of ether oxygens (including phenoxy) is 2. The number of terminal acetylenes is 1. The third kappa shape index (κ3) is 4.97. The van der Waals surface area contributed by atoms with Crippen molar-refractivity contribution in [1.29, 1.82) is 0 Å². The van der Waals surface area contributed by atoms with Crippen molar-refractivity contribution in [2.45, 2.75) is 68.4 Å². The van der Waals surface area contributed by atoms with Gasteiger partial charge in [-0.3, -0.25) is 14.4 Å². The summed E-state index contributed by atoms with van der Waals surface area (Å²) in [6, 6.07) is 5.28. The molecule has 54 heavy (non-hydrogen) atoms. The highest BCUT2D eigenvalue weighted by Gasteiger charge is 2.50. The molecule has 5 aliphatic heterocycles. The molecule has 1 N–H and O–H groups in total. The molecule has 5 aliphatic rings. The van der Waals surface area contributed by atoms with E-state index in [1.54, 1.807) is 17.9 Å². The predicted octanol–water partition coefficient (Wildman–Crippen LogP) is 5.23. The smallest absolute Gasteiger partial charge is 0.319 e. The van der Waals surface area contributed by atoms with Crippen LogP contribution in [0, 0.1) is 24.0 Å². The van der Waals surface area contributed by atoms with Crippen LogP contribution in [0.3, 0.4) is 0 Å². The van der Waals surface area contributed by atoms with E-state index in [9.17, 15) is 14.3 Å². The van der Waals surface area contributed by atoms with Crippen molar-refractivity contribution in [2.24, 2.45) is 7.05 Å². The number of aromatic hydroxyl groups is 1. The number of hydrogen-bond acceptors (Lipinski definition) is 9. The van der Waals surface area contributed by atoms with E-state index in [2.05, 4.69) is 15.7 Å². The molecular formula is C40H38F3N7O4. The monoisotopic (exact) mass is 737 g/mol. The molecule has 0 aliphatic carbocycles. The SMILES string of the molecule is C#Cc1c(F)ccc2cc(O)cc(-c3c(F)c4nc(OC[C@@]56CCCN5C[C@H](F)C6)nc(N5CC6CCC(C5)N6C(=O)C5CCO5)c4c4cn(C)nc34)c12. The Morgan fingerprint density at radius 1 is 1.11 bits per heavy atom. The highest BCUT2D eigenvalue weighted by Crippen LogP contribution is 2.46. The fourth-order valence-electron chi connectivity index (χ4n) is 9.90. The number of halogens is 3. The van der Waals surface area contributed by atoms with Crippen LogP contribution in [0.4, 0.5) is 19.0 Å². The van der Waals surface area contributed by atoms with Gasteiger partial charge < -0.3 is 24.4 Å². The molecule has 278 valence electrons. The van der Waals surface area contributed by atoms with Gasteiger partial charge in [-0.1, -0.05) is 12.0 Å². The number of nitrogens with zero attached hydrogens (tertiary/aromatic N) is 7. The second-order valence-corrected chi connectivity index (χ2v) is 15.5. The number of amides is 1. The van der Waals surface area contributed by atoms with E-state index in [1.807, 2.05) is 4.90 Å². The van der Waals surface area contributed by atoms with E-state index in [0.29, 0.717) is 61.1 Å². The van der Waals surface area contributed by atoms with Gasteiger partial charge in [-0.2, -0.15) is 15.1 Å². The first-order valence-electron chi connectivity index (χ1n) is 18.6. The lowest BCUT2D eigenvalue weighted by Crippen LogP contribution is -2.59. The molecule has 5 atom stereocenters. The topological polar surface area (TPSA) is 109 Å². The third-order valence-electron chi connectivity index (χ3n) is 12.3. The molecule has 5 aromatic rings. The Balaban J connectivity index is 1.17. The molecule has 2 bridgehead atoms. The second-order valence-electron chi connectivity index (χ2n) is 15.5. The van der Waals surface area contributed by atoms with Crippen molar-refractivity contribution in [3.05, 3.63) is 47.7 Å². The van der Waals surface area contributed by atoms with E-state index in [0.717, 1.165) is 32.2 Å². The Morgan fingerprint density at radius 3 is 2.65 bits per heavy atom. The lowest BCUT2D eigenvalue weighted by Gasteiger charge is -2.44. The number of hydrogen-bond donors (Lipinski definition) is 1. The predicted molar refractivity (Wildman–Crippen MR) is 195 cm³/mol. The summed E-state index contributed by atoms with van der Waals surface area (Å²) >= 11 is 0. The van der Waals surface area contributed by atoms with Crippen molar-refractivity contribution >= 4 is 44.3 Å². The van der Waals surface area contributed by atoms with Crippen LogP contribution in [-0.4, -0.2) is 110 Å². The number of carbonyl (C=O) groups excluding carboxylic acids is 1. The molecule has 11 nitrogen and oxygen atoms in total. The van der Waals surface area contributed by atoms with Gasteiger partial charge in [0.2, 0.25) is 0 Å². The van der Waals surface area contributed by atoms with Crippen LogP contribution in [0.25, 0.3) is 43.7 Å². The maximum atomic E-state index is 17.7. The van der Waals surface area contributed by atoms with Crippen LogP contribution in [-0.2, 0) is 16.6 Å². The van der Waals surface area contributed by atoms with Crippen LogP contribution >= 0.6 is 0 Å². The fourth-order valence-corrected chi connectivity index (χ4v) is 9.90. The summed E-state index contributed by atoms with van der Waals surface area (Å²) in [6.07, 6.45) is 10.6. The molecule has 5 fully saturated rings. The number of aryl methyl sites for hydroxylation is 1. The van der Waals surface area contributed by atoms with E-state index >= 15 is 8.78 Å². The Hall–Kier alpha value is -5.13. The minimum atomic E-state index is -0.962. The largest absolute Gasteiger partial charge is 0.508 e. The number of fused-ring (bicyclic) bond motifs is 7. The van der Waals surface area contributed by atoms with Crippen LogP contribution in [0.2, 0.25) is 0 Å². The maximum absolute atomic E-state index is 17.7. The number of aromatic nitrogens is 4. The highest BCUT2D eigenvalue weighted by atomic mass is 19.1. The lowest BCUT2D eigenvalue weighted by molar-refractivity contribution is -0.159. The van der Waals surface area contributed by atoms with Crippen LogP contribution in [0.1, 0.15) is 44.1 Å². The number of anilines is 1. The van der Waals surface area contributed by atoms with Gasteiger partial charge in [0.05, 0.1) is 23.1 Å². The normalized spacial score (nSPS) is 26.5. The summed E-state index contributed by atoms with van der Waals surface area (Å²) < 4.78 is 61.2. The summed E-state index contributed by atoms with van der Waals surface area (Å²) in [6.45, 7) is 2.75. The molecule has 3 unspecified atom stereocenters. The zero-order chi connectivity index (χ0) is 37.0. The van der Waals surface area contributed by atoms with Gasteiger partial charge in [0.15, 0.2) is 5.82 Å². The van der Waals surface area contributed by atoms with Crippen molar-refractivity contribution in [3.8, 4) is 35.2 Å². The zero-order valence-electron chi connectivity index (χ0n) is 29.7. The highest BCUT2D eigenvalue weighted by molar-refractivity contribution is 6.18. The lowest BCUT2D eigenvalue weighted by atomic mass is 9.91. The van der Waals surface area contributed by atoms with Gasteiger partial charge in [-0.25, -0.2) is 13.2 Å². The van der Waals surface area contributed by atoms with Gasteiger partial charge in [-0.15, -0.1) is 6.42 Å². The summed E-state index contributed by atoms with van der Waals surface area (Å²) in [4.78, 5) is 29.3. The number of rotatable bonds is 6. The summed E-state index contributed by atoms with van der Waals surface area (Å²) in [7, 11) is 1.72. The van der Waals surface area contributed by atoms with E-state index in [4.69, 9.17) is 31.0 Å². The average Bonchev–Trinajstić information content (AvgIpc) is 3.85. The molecule has 2 aromatic heterocycles. The molecule has 10 rings (SSSR count). The van der Waals surface area contributed by atoms with Crippen LogP contribution in [0.15, 0.2) is 30.5 Å². The number of phenolic OH excluding ortho intramolecular Hbond substituents is 1. The molecule has 3 aromatic carbocycles. The number of piperazine rings is 1. The zero-order valence-corrected chi connectivity index (χ0v) is 29.7. The van der Waals surface area contributed by atoms with E-state index in [-0.39, 0.29) is 69.5 Å². The van der Waals surface area contributed by atoms with Crippen LogP contribution < -0.4 is 9.64 Å². The second kappa shape index (κ2) is 12.2. The molecular weight excluding hydrogens is 699 g/mol. The Kier molecular flexibility index (Phi) is 7.55. The Morgan fingerprint density at radius 2 is 1.91 bits per heavy atom. The minimum absolute atomic E-state index is 0.00990. The summed E-state index contributed by atoms with van der Waals surface area (Å²) in [5.41, 5.74) is -0.225. The van der Waals surface area contributed by atoms with Gasteiger partial charge in [0.25, 0.3) is 5.91 Å². The van der Waals surface area contributed by atoms with Crippen molar-refractivity contribution in [3.63, 3.8) is 0 Å². The minimum Gasteiger partial charge on any atom is -0.508 e. The third-order valence-corrected chi connectivity index (χ3v) is 12.3. The van der Waals surface area contributed by atoms with E-state index in [1.165, 1.54) is 24.3 Å². The molecule has 0 spiro atoms. The standard InChI is InChI=1S/C40H38F3N7O4/c1-3-26-29(42)8-5-21-13-25(51)14-27(31(21)26)32-34(43)36-33(28-19-47(2)46-35(28)32)37(45-39(44-36)54-20-40-10-4-11-49(40)16-22(41)15-40)48-17-23-6-7-24(18-48)50(23)38(52)30-9-12-53-30/h1,5,8,13-14,19,22-24,30,51H,4,6-7,9-12,15-18,20H2,2H3/t22-,23?,24?,30?,40+/m1/s1. The number of phenols is 1. The van der Waals surface area contributed by atoms with Crippen molar-refractivity contribution < 1.29 is 32.5 Å². The molecule has 0 saturated carbocycles. The average molecular weight is 738 g/mol. The number of benzene rings is 3. The fraction of sp³-hybridized carbons (Fsp3) is 0.450. The summed E-state index contributed by atoms with van der Waals surface area (Å²) in [5.74, 6) is 1.28. The molecule has 0 radical (unpaired) electrons. The van der Waals surface area contributed by atoms with Crippen molar-refractivity contribution in [1.82, 2.24) is 29.5 Å². The van der Waals surface area contributed by atoms with Gasteiger partial charge in [0.1, 0.15) is 47.3 Å². The number of alkyl halides is 1. The maximum Gasteiger partial charge on any atom is 0.319 e. The molecule has 5 saturated heterocycles. The van der Waals surface area contributed by atoms with E-state index < -0.39 is 29.4 Å². The summed E-state index contributed by atoms with van der Waals surface area (Å²) in [5, 5.41) is 17.2. The quantitative estimate of drug-likeness (QED) is 0.235. The number of carbonyl (C=O) groups is 1. The van der Waals surface area contributed by atoms with Gasteiger partial charge in [-0.05, 0) is 61.4 Å². The first-order chi connectivity index (χ1) is 26.1. The van der Waals surface area contributed by atoms with Crippen molar-refractivity contribution in [2.75, 3.05) is 44.3 Å². The molecule has 14 heteroatoms.